The van der Waals surface area contributed by atoms with Crippen molar-refractivity contribution in [2.45, 2.75) is 13.0 Å². The third kappa shape index (κ3) is 2.15. The van der Waals surface area contributed by atoms with Gasteiger partial charge >= 0.3 is 5.97 Å². The number of hydrogen-bond donors (Lipinski definition) is 1. The van der Waals surface area contributed by atoms with Gasteiger partial charge in [-0.05, 0) is 42.6 Å². The van der Waals surface area contributed by atoms with Gasteiger partial charge in [-0.15, -0.1) is 11.3 Å². The zero-order valence-electron chi connectivity index (χ0n) is 10.3. The summed E-state index contributed by atoms with van der Waals surface area (Å²) in [6.07, 6.45) is 2.01. The number of hydrogen-bond acceptors (Lipinski definition) is 3. The van der Waals surface area contributed by atoms with E-state index in [9.17, 15) is 4.79 Å². The lowest BCUT2D eigenvalue weighted by Gasteiger charge is -2.23. The predicted octanol–water partition coefficient (Wildman–Crippen LogP) is 3.66. The summed E-state index contributed by atoms with van der Waals surface area (Å²) in [4.78, 5) is 12.2. The highest BCUT2D eigenvalue weighted by Gasteiger charge is 2.21. The number of thiophene rings is 1. The molecule has 0 spiro atoms. The van der Waals surface area contributed by atoms with Crippen LogP contribution in [0.5, 0.6) is 5.75 Å². The number of aromatic carboxylic acids is 1. The summed E-state index contributed by atoms with van der Waals surface area (Å²) in [6, 6.07) is 9.00. The number of benzene rings is 1. The molecular weight excluding hydrogens is 260 g/mol. The topological polar surface area (TPSA) is 46.5 Å². The minimum Gasteiger partial charge on any atom is -0.486 e. The van der Waals surface area contributed by atoms with Gasteiger partial charge in [0.25, 0.3) is 0 Å². The SMILES string of the molecule is CC1C=C(c2cccs2)c2cc(C(=O)O)ccc2O1. The van der Waals surface area contributed by atoms with E-state index < -0.39 is 5.97 Å². The van der Waals surface area contributed by atoms with E-state index >= 15 is 0 Å². The van der Waals surface area contributed by atoms with Crippen molar-refractivity contribution in [3.63, 3.8) is 0 Å². The third-order valence-electron chi connectivity index (χ3n) is 3.02. The molecule has 0 amide bonds. The summed E-state index contributed by atoms with van der Waals surface area (Å²) in [6.45, 7) is 1.97. The van der Waals surface area contributed by atoms with Gasteiger partial charge < -0.3 is 9.84 Å². The van der Waals surface area contributed by atoms with Crippen LogP contribution in [0.25, 0.3) is 5.57 Å². The van der Waals surface area contributed by atoms with E-state index in [2.05, 4.69) is 0 Å². The maximum absolute atomic E-state index is 11.1. The molecule has 0 saturated heterocycles. The van der Waals surface area contributed by atoms with E-state index in [1.54, 1.807) is 29.5 Å². The van der Waals surface area contributed by atoms with Crippen LogP contribution in [0.4, 0.5) is 0 Å². The van der Waals surface area contributed by atoms with Gasteiger partial charge in [0, 0.05) is 16.0 Å². The predicted molar refractivity (Wildman–Crippen MR) is 74.9 cm³/mol. The highest BCUT2D eigenvalue weighted by atomic mass is 32.1. The Morgan fingerprint density at radius 2 is 2.21 bits per heavy atom. The van der Waals surface area contributed by atoms with Crippen LogP contribution in [-0.4, -0.2) is 17.2 Å². The van der Waals surface area contributed by atoms with Gasteiger partial charge in [-0.25, -0.2) is 4.79 Å². The monoisotopic (exact) mass is 272 g/mol. The summed E-state index contributed by atoms with van der Waals surface area (Å²) < 4.78 is 5.73. The molecule has 3 rings (SSSR count). The van der Waals surface area contributed by atoms with E-state index in [0.717, 1.165) is 21.8 Å². The first-order chi connectivity index (χ1) is 9.15. The van der Waals surface area contributed by atoms with E-state index in [1.807, 2.05) is 30.5 Å². The van der Waals surface area contributed by atoms with Gasteiger partial charge in [0.15, 0.2) is 0 Å². The molecule has 3 nitrogen and oxygen atoms in total. The minimum absolute atomic E-state index is 0.0136. The van der Waals surface area contributed by atoms with Gasteiger partial charge in [0.1, 0.15) is 11.9 Å². The average molecular weight is 272 g/mol. The summed E-state index contributed by atoms with van der Waals surface area (Å²) >= 11 is 1.64. The summed E-state index contributed by atoms with van der Waals surface area (Å²) in [5.74, 6) is -0.185. The zero-order chi connectivity index (χ0) is 13.4. The molecule has 1 aromatic carbocycles. The molecule has 2 heterocycles. The molecule has 1 aromatic heterocycles. The molecule has 19 heavy (non-hydrogen) atoms. The number of carbonyl (C=O) groups is 1. The van der Waals surface area contributed by atoms with Gasteiger partial charge in [-0.2, -0.15) is 0 Å². The number of rotatable bonds is 2. The second-order valence-electron chi connectivity index (χ2n) is 4.40. The van der Waals surface area contributed by atoms with Crippen molar-refractivity contribution in [2.75, 3.05) is 0 Å². The number of carboxylic acids is 1. The van der Waals surface area contributed by atoms with Crippen LogP contribution in [0.1, 0.15) is 27.7 Å². The van der Waals surface area contributed by atoms with Crippen molar-refractivity contribution in [3.05, 3.63) is 57.8 Å². The van der Waals surface area contributed by atoms with E-state index in [1.165, 1.54) is 0 Å². The first kappa shape index (κ1) is 12.0. The Hall–Kier alpha value is -2.07. The lowest BCUT2D eigenvalue weighted by atomic mass is 9.97. The van der Waals surface area contributed by atoms with Crippen LogP contribution in [0.2, 0.25) is 0 Å². The average Bonchev–Trinajstić information content (AvgIpc) is 2.90. The largest absolute Gasteiger partial charge is 0.486 e. The lowest BCUT2D eigenvalue weighted by molar-refractivity contribution is 0.0697. The molecule has 96 valence electrons. The van der Waals surface area contributed by atoms with Gasteiger partial charge in [-0.1, -0.05) is 6.07 Å². The molecule has 4 heteroatoms. The number of ether oxygens (including phenoxy) is 1. The van der Waals surface area contributed by atoms with E-state index in [-0.39, 0.29) is 11.7 Å². The van der Waals surface area contributed by atoms with Crippen LogP contribution < -0.4 is 4.74 Å². The Bertz CT molecular complexity index is 656. The number of carboxylic acid groups (broad SMARTS) is 1. The number of fused-ring (bicyclic) bond motifs is 1. The van der Waals surface area contributed by atoms with Crippen LogP contribution >= 0.6 is 11.3 Å². The fraction of sp³-hybridized carbons (Fsp3) is 0.133. The van der Waals surface area contributed by atoms with Crippen molar-refractivity contribution in [1.29, 1.82) is 0 Å². The molecule has 2 aromatic rings. The smallest absolute Gasteiger partial charge is 0.335 e. The molecule has 1 N–H and O–H groups in total. The van der Waals surface area contributed by atoms with Gasteiger partial charge in [0.05, 0.1) is 5.56 Å². The van der Waals surface area contributed by atoms with Gasteiger partial charge in [0.2, 0.25) is 0 Å². The standard InChI is InChI=1S/C15H12O3S/c1-9-7-12(14-3-2-6-19-14)11-8-10(15(16)17)4-5-13(11)18-9/h2-9H,1H3,(H,16,17). The molecule has 0 radical (unpaired) electrons. The third-order valence-corrected chi connectivity index (χ3v) is 3.92. The summed E-state index contributed by atoms with van der Waals surface area (Å²) in [7, 11) is 0. The van der Waals surface area contributed by atoms with Crippen LogP contribution in [0.15, 0.2) is 41.8 Å². The second-order valence-corrected chi connectivity index (χ2v) is 5.34. The van der Waals surface area contributed by atoms with Crippen molar-refractivity contribution in [2.24, 2.45) is 0 Å². The van der Waals surface area contributed by atoms with Crippen molar-refractivity contribution >= 4 is 22.9 Å². The molecule has 1 aliphatic heterocycles. The molecule has 1 unspecified atom stereocenters. The van der Waals surface area contributed by atoms with Gasteiger partial charge in [-0.3, -0.25) is 0 Å². The highest BCUT2D eigenvalue weighted by molar-refractivity contribution is 7.11. The first-order valence-corrected chi connectivity index (χ1v) is 6.83. The molecule has 1 atom stereocenters. The maximum atomic E-state index is 11.1. The normalized spacial score (nSPS) is 17.3. The fourth-order valence-electron chi connectivity index (χ4n) is 2.18. The maximum Gasteiger partial charge on any atom is 0.335 e. The fourth-order valence-corrected chi connectivity index (χ4v) is 2.95. The lowest BCUT2D eigenvalue weighted by Crippen LogP contribution is -2.15. The Morgan fingerprint density at radius 3 is 2.89 bits per heavy atom. The molecule has 0 bridgehead atoms. The van der Waals surface area contributed by atoms with Crippen LogP contribution in [-0.2, 0) is 0 Å². The molecule has 0 aliphatic carbocycles. The highest BCUT2D eigenvalue weighted by Crippen LogP contribution is 2.38. The Kier molecular flexibility index (Phi) is 2.87. The second kappa shape index (κ2) is 4.55. The first-order valence-electron chi connectivity index (χ1n) is 5.95. The van der Waals surface area contributed by atoms with E-state index in [0.29, 0.717) is 0 Å². The Morgan fingerprint density at radius 1 is 1.37 bits per heavy atom. The van der Waals surface area contributed by atoms with E-state index in [4.69, 9.17) is 9.84 Å². The Labute approximate surface area is 114 Å². The molecular formula is C15H12O3S. The van der Waals surface area contributed by atoms with Crippen molar-refractivity contribution in [1.82, 2.24) is 0 Å². The van der Waals surface area contributed by atoms with Crippen molar-refractivity contribution < 1.29 is 14.6 Å². The quantitative estimate of drug-likeness (QED) is 0.907. The van der Waals surface area contributed by atoms with Crippen LogP contribution in [0.3, 0.4) is 0 Å². The minimum atomic E-state index is -0.924. The molecule has 1 aliphatic rings. The zero-order valence-corrected chi connectivity index (χ0v) is 11.1. The summed E-state index contributed by atoms with van der Waals surface area (Å²) in [5, 5.41) is 11.1. The molecule has 0 fully saturated rings. The Balaban J connectivity index is 2.16. The summed E-state index contributed by atoms with van der Waals surface area (Å²) in [5.41, 5.74) is 2.17. The van der Waals surface area contributed by atoms with Crippen molar-refractivity contribution in [3.8, 4) is 5.75 Å². The molecule has 0 saturated carbocycles. The van der Waals surface area contributed by atoms with Crippen LogP contribution in [0, 0.1) is 0 Å².